The van der Waals surface area contributed by atoms with E-state index >= 15 is 0 Å². The minimum atomic E-state index is -0.639. The monoisotopic (exact) mass is 239 g/mol. The zero-order valence-corrected chi connectivity index (χ0v) is 8.97. The lowest BCUT2D eigenvalue weighted by atomic mass is 10.2. The summed E-state index contributed by atoms with van der Waals surface area (Å²) in [5.41, 5.74) is -0.323. The average Bonchev–Trinajstić information content (AvgIpc) is 2.74. The molecule has 1 heterocycles. The molecule has 0 unspecified atom stereocenters. The van der Waals surface area contributed by atoms with Crippen molar-refractivity contribution in [1.29, 1.82) is 0 Å². The number of nitro groups is 1. The number of rotatable bonds is 3. The smallest absolute Gasteiger partial charge is 0.315 e. The predicted molar refractivity (Wildman–Crippen MR) is 55.1 cm³/mol. The van der Waals surface area contributed by atoms with Gasteiger partial charge in [0.15, 0.2) is 11.5 Å². The summed E-state index contributed by atoms with van der Waals surface area (Å²) in [6.45, 7) is 1.60. The molecule has 0 fully saturated rings. The maximum atomic E-state index is 11.1. The second kappa shape index (κ2) is 4.28. The summed E-state index contributed by atoms with van der Waals surface area (Å²) in [6, 6.07) is 2.47. The Labute approximate surface area is 96.0 Å². The second-order valence-corrected chi connectivity index (χ2v) is 3.26. The van der Waals surface area contributed by atoms with E-state index in [-0.39, 0.29) is 30.4 Å². The molecule has 0 saturated carbocycles. The molecule has 0 aromatic heterocycles. The van der Waals surface area contributed by atoms with Crippen molar-refractivity contribution in [2.75, 3.05) is 6.79 Å². The first-order valence-corrected chi connectivity index (χ1v) is 4.90. The Morgan fingerprint density at radius 2 is 2.12 bits per heavy atom. The third kappa shape index (κ3) is 2.12. The maximum Gasteiger partial charge on any atom is 0.315 e. The molecule has 7 heteroatoms. The topological polar surface area (TPSA) is 87.9 Å². The molecule has 1 aromatic carbocycles. The molecule has 17 heavy (non-hydrogen) atoms. The molecule has 1 aliphatic heterocycles. The van der Waals surface area contributed by atoms with E-state index in [1.807, 2.05) is 0 Å². The van der Waals surface area contributed by atoms with Gasteiger partial charge >= 0.3 is 11.7 Å². The Balaban J connectivity index is 2.41. The molecule has 0 saturated heterocycles. The molecule has 0 N–H and O–H groups in total. The number of nitro benzene ring substituents is 1. The molecule has 0 aliphatic carbocycles. The van der Waals surface area contributed by atoms with E-state index in [1.165, 1.54) is 12.1 Å². The van der Waals surface area contributed by atoms with Crippen LogP contribution in [-0.2, 0) is 4.79 Å². The van der Waals surface area contributed by atoms with Gasteiger partial charge in [-0.05, 0) is 0 Å². The summed E-state index contributed by atoms with van der Waals surface area (Å²) in [5, 5.41) is 10.8. The lowest BCUT2D eigenvalue weighted by molar-refractivity contribution is -0.385. The lowest BCUT2D eigenvalue weighted by Gasteiger charge is -2.04. The number of hydrogen-bond donors (Lipinski definition) is 0. The fraction of sp³-hybridized carbons (Fsp3) is 0.300. The van der Waals surface area contributed by atoms with Gasteiger partial charge in [-0.1, -0.05) is 6.92 Å². The molecular formula is C10H9NO6. The van der Waals surface area contributed by atoms with E-state index in [9.17, 15) is 14.9 Å². The fourth-order valence-electron chi connectivity index (χ4n) is 1.33. The highest BCUT2D eigenvalue weighted by molar-refractivity contribution is 5.74. The van der Waals surface area contributed by atoms with Gasteiger partial charge in [0.2, 0.25) is 12.5 Å². The van der Waals surface area contributed by atoms with Gasteiger partial charge in [0.05, 0.1) is 11.0 Å². The SMILES string of the molecule is CCC(=O)Oc1cc2c(cc1[N+](=O)[O-])OCO2. The fourth-order valence-corrected chi connectivity index (χ4v) is 1.33. The molecule has 90 valence electrons. The average molecular weight is 239 g/mol. The molecule has 0 radical (unpaired) electrons. The summed E-state index contributed by atoms with van der Waals surface area (Å²) in [4.78, 5) is 21.3. The molecule has 1 aliphatic rings. The zero-order chi connectivity index (χ0) is 12.4. The van der Waals surface area contributed by atoms with Crippen LogP contribution in [-0.4, -0.2) is 17.7 Å². The van der Waals surface area contributed by atoms with E-state index in [2.05, 4.69) is 0 Å². The van der Waals surface area contributed by atoms with Crippen molar-refractivity contribution in [2.24, 2.45) is 0 Å². The Kier molecular flexibility index (Phi) is 2.82. The van der Waals surface area contributed by atoms with E-state index in [0.717, 1.165) is 0 Å². The van der Waals surface area contributed by atoms with Crippen LogP contribution >= 0.6 is 0 Å². The summed E-state index contributed by atoms with van der Waals surface area (Å²) < 4.78 is 14.9. The normalized spacial score (nSPS) is 12.3. The number of carbonyl (C=O) groups is 1. The number of hydrogen-bond acceptors (Lipinski definition) is 6. The number of carbonyl (C=O) groups excluding carboxylic acids is 1. The number of nitrogens with zero attached hydrogens (tertiary/aromatic N) is 1. The first kappa shape index (κ1) is 11.2. The van der Waals surface area contributed by atoms with Crippen LogP contribution < -0.4 is 14.2 Å². The van der Waals surface area contributed by atoms with Gasteiger partial charge < -0.3 is 14.2 Å². The Morgan fingerprint density at radius 3 is 2.71 bits per heavy atom. The molecule has 0 bridgehead atoms. The summed E-state index contributed by atoms with van der Waals surface area (Å²) in [7, 11) is 0. The molecule has 0 amide bonds. The Hall–Kier alpha value is -2.31. The van der Waals surface area contributed by atoms with Crippen LogP contribution in [0.1, 0.15) is 13.3 Å². The van der Waals surface area contributed by atoms with Gasteiger partial charge in [0.25, 0.3) is 0 Å². The van der Waals surface area contributed by atoms with Crippen molar-refractivity contribution in [3.8, 4) is 17.2 Å². The predicted octanol–water partition coefficient (Wildman–Crippen LogP) is 1.64. The Bertz CT molecular complexity index is 484. The van der Waals surface area contributed by atoms with Crippen LogP contribution in [0.2, 0.25) is 0 Å². The van der Waals surface area contributed by atoms with Crippen LogP contribution in [0, 0.1) is 10.1 Å². The lowest BCUT2D eigenvalue weighted by Crippen LogP contribution is -2.07. The summed E-state index contributed by atoms with van der Waals surface area (Å²) >= 11 is 0. The molecule has 1 aromatic rings. The molecule has 7 nitrogen and oxygen atoms in total. The Morgan fingerprint density at radius 1 is 1.47 bits per heavy atom. The number of fused-ring (bicyclic) bond motifs is 1. The van der Waals surface area contributed by atoms with Crippen molar-refractivity contribution in [2.45, 2.75) is 13.3 Å². The molecule has 0 atom stereocenters. The van der Waals surface area contributed by atoms with Crippen LogP contribution in [0.25, 0.3) is 0 Å². The van der Waals surface area contributed by atoms with Crippen molar-refractivity contribution >= 4 is 11.7 Å². The minimum Gasteiger partial charge on any atom is -0.453 e. The van der Waals surface area contributed by atoms with Gasteiger partial charge in [0.1, 0.15) is 0 Å². The van der Waals surface area contributed by atoms with Gasteiger partial charge in [-0.2, -0.15) is 0 Å². The van der Waals surface area contributed by atoms with Gasteiger partial charge in [0, 0.05) is 12.5 Å². The number of benzene rings is 1. The van der Waals surface area contributed by atoms with E-state index in [4.69, 9.17) is 14.2 Å². The van der Waals surface area contributed by atoms with Crippen LogP contribution in [0.3, 0.4) is 0 Å². The van der Waals surface area contributed by atoms with E-state index in [1.54, 1.807) is 6.92 Å². The first-order valence-electron chi connectivity index (χ1n) is 4.90. The molecule has 0 spiro atoms. The number of ether oxygens (including phenoxy) is 3. The van der Waals surface area contributed by atoms with Crippen LogP contribution in [0.5, 0.6) is 17.2 Å². The third-order valence-electron chi connectivity index (χ3n) is 2.16. The molecule has 2 rings (SSSR count). The third-order valence-corrected chi connectivity index (χ3v) is 2.16. The van der Waals surface area contributed by atoms with Crippen molar-refractivity contribution < 1.29 is 23.9 Å². The van der Waals surface area contributed by atoms with Crippen LogP contribution in [0.4, 0.5) is 5.69 Å². The van der Waals surface area contributed by atoms with Crippen LogP contribution in [0.15, 0.2) is 12.1 Å². The highest BCUT2D eigenvalue weighted by Gasteiger charge is 2.25. The first-order chi connectivity index (χ1) is 8.11. The highest BCUT2D eigenvalue weighted by Crippen LogP contribution is 2.41. The quantitative estimate of drug-likeness (QED) is 0.345. The van der Waals surface area contributed by atoms with E-state index < -0.39 is 10.9 Å². The highest BCUT2D eigenvalue weighted by atomic mass is 16.7. The second-order valence-electron chi connectivity index (χ2n) is 3.26. The van der Waals surface area contributed by atoms with Crippen molar-refractivity contribution in [3.63, 3.8) is 0 Å². The molecular weight excluding hydrogens is 230 g/mol. The van der Waals surface area contributed by atoms with Crippen molar-refractivity contribution in [1.82, 2.24) is 0 Å². The maximum absolute atomic E-state index is 11.1. The largest absolute Gasteiger partial charge is 0.453 e. The van der Waals surface area contributed by atoms with Gasteiger partial charge in [-0.15, -0.1) is 0 Å². The van der Waals surface area contributed by atoms with E-state index in [0.29, 0.717) is 5.75 Å². The van der Waals surface area contributed by atoms with Crippen molar-refractivity contribution in [3.05, 3.63) is 22.2 Å². The zero-order valence-electron chi connectivity index (χ0n) is 8.97. The van der Waals surface area contributed by atoms with Gasteiger partial charge in [-0.3, -0.25) is 14.9 Å². The standard InChI is InChI=1S/C10H9NO6/c1-2-10(12)17-7-4-9-8(15-5-16-9)3-6(7)11(13)14/h3-4H,2,5H2,1H3. The number of esters is 1. The van der Waals surface area contributed by atoms with Gasteiger partial charge in [-0.25, -0.2) is 0 Å². The summed E-state index contributed by atoms with van der Waals surface area (Å²) in [6.07, 6.45) is 0.131. The minimum absolute atomic E-state index is 0.00232. The summed E-state index contributed by atoms with van der Waals surface area (Å²) in [5.74, 6) is -0.0828.